The summed E-state index contributed by atoms with van der Waals surface area (Å²) in [6.45, 7) is 1.73. The molecule has 1 amide bonds. The van der Waals surface area contributed by atoms with E-state index in [9.17, 15) is 61.0 Å². The molecular weight excluding hydrogens is 1310 g/mol. The van der Waals surface area contributed by atoms with Gasteiger partial charge in [0.25, 0.3) is 0 Å². The average molecular weight is 1460 g/mol. The highest BCUT2D eigenvalue weighted by Gasteiger charge is 2.54. The molecule has 0 bridgehead atoms. The Bertz CT molecular complexity index is 2140. The van der Waals surface area contributed by atoms with Gasteiger partial charge in [-0.05, 0) is 64.2 Å². The van der Waals surface area contributed by atoms with E-state index >= 15 is 0 Å². The van der Waals surface area contributed by atoms with Crippen molar-refractivity contribution in [2.24, 2.45) is 0 Å². The van der Waals surface area contributed by atoms with Crippen molar-refractivity contribution >= 4 is 5.91 Å². The summed E-state index contributed by atoms with van der Waals surface area (Å²) in [6.07, 6.45) is 57.0. The smallest absolute Gasteiger partial charge is 0.220 e. The topological polar surface area (TPSA) is 307 Å². The van der Waals surface area contributed by atoms with Crippen LogP contribution in [-0.4, -0.2) is 193 Å². The summed E-state index contributed by atoms with van der Waals surface area (Å²) >= 11 is 0. The zero-order valence-electron chi connectivity index (χ0n) is 64.3. The highest BCUT2D eigenvalue weighted by atomic mass is 16.8. The van der Waals surface area contributed by atoms with Gasteiger partial charge < -0.3 is 89.9 Å². The third-order valence-electron chi connectivity index (χ3n) is 20.5. The lowest BCUT2D eigenvalue weighted by Gasteiger charge is -2.48. The van der Waals surface area contributed by atoms with E-state index in [0.717, 1.165) is 83.5 Å². The molecule has 0 aromatic heterocycles. The summed E-state index contributed by atoms with van der Waals surface area (Å²) in [5.41, 5.74) is 0. The first kappa shape index (κ1) is 94.4. The summed E-state index contributed by atoms with van der Waals surface area (Å²) in [6, 6.07) is -0.891. The fourth-order valence-corrected chi connectivity index (χ4v) is 13.9. The zero-order chi connectivity index (χ0) is 74.6. The van der Waals surface area contributed by atoms with E-state index in [4.69, 9.17) is 28.4 Å². The van der Waals surface area contributed by atoms with Gasteiger partial charge in [0.05, 0.1) is 38.6 Å². The maximum Gasteiger partial charge on any atom is 0.220 e. The van der Waals surface area contributed by atoms with Crippen LogP contribution in [0.15, 0.2) is 72.9 Å². The molecule has 0 aromatic carbocycles. The van der Waals surface area contributed by atoms with Crippen molar-refractivity contribution in [2.45, 2.75) is 426 Å². The lowest BCUT2D eigenvalue weighted by atomic mass is 9.96. The Morgan fingerprint density at radius 2 is 0.670 bits per heavy atom. The molecule has 17 atom stereocenters. The molecule has 0 spiro atoms. The van der Waals surface area contributed by atoms with Crippen LogP contribution in [0.2, 0.25) is 0 Å². The van der Waals surface area contributed by atoms with Crippen molar-refractivity contribution in [3.05, 3.63) is 72.9 Å². The fraction of sp³-hybridized carbons (Fsp3) is 0.845. The van der Waals surface area contributed by atoms with Crippen LogP contribution in [0, 0.1) is 0 Å². The lowest BCUT2D eigenvalue weighted by Crippen LogP contribution is -2.66. The number of carbonyl (C=O) groups excluding carboxylic acids is 1. The second kappa shape index (κ2) is 64.1. The number of amides is 1. The number of allylic oxidation sites excluding steroid dienone is 12. The SMILES string of the molecule is CC/C=C\C/C=C\C/C=C\C/C=C\C/C=C\C/C=C\CCCCCCCCCCCCCCCCCCC(=O)NC(COC1OC(CO)C(OC2OC(CO)C(OC3OC(CO)C(O)C(O)C3O)C(O)C2O)C(O)C1O)C(O)CCCCCCCCCCCCCCCCCCCCCCCCC. The van der Waals surface area contributed by atoms with Gasteiger partial charge in [-0.2, -0.15) is 0 Å². The maximum absolute atomic E-state index is 13.5. The largest absolute Gasteiger partial charge is 0.394 e. The number of rotatable bonds is 66. The van der Waals surface area contributed by atoms with Gasteiger partial charge in [-0.3, -0.25) is 4.79 Å². The first-order chi connectivity index (χ1) is 50.3. The van der Waals surface area contributed by atoms with Gasteiger partial charge >= 0.3 is 0 Å². The van der Waals surface area contributed by atoms with E-state index in [1.54, 1.807) is 0 Å². The van der Waals surface area contributed by atoms with Gasteiger partial charge in [0.15, 0.2) is 18.9 Å². The number of carbonyl (C=O) groups is 1. The second-order valence-corrected chi connectivity index (χ2v) is 29.6. The lowest BCUT2D eigenvalue weighted by molar-refractivity contribution is -0.379. The summed E-state index contributed by atoms with van der Waals surface area (Å²) in [5, 5.41) is 121. The van der Waals surface area contributed by atoms with E-state index in [1.807, 2.05) is 0 Å². The normalized spacial score (nSPS) is 26.4. The summed E-state index contributed by atoms with van der Waals surface area (Å²) < 4.78 is 34.5. The minimum atomic E-state index is -1.97. The standard InChI is InChI=1S/C84H151NO18/c1-3-5-7-9-11-13-15-17-19-21-23-25-27-28-29-30-31-32-33-34-35-36-37-38-40-42-44-46-48-50-52-54-56-58-60-62-72(90)85-67(68(89)61-59-57-55-53-51-49-47-45-43-41-39-26-24-22-20-18-16-14-12-10-8-6-4-2)66-98-82-78(96)75(93)80(70(64-87)100-82)103-84-79(97)76(94)81(71(65-88)101-84)102-83-77(95)74(92)73(91)69(63-86)99-83/h5,7,11,13,17,19,23,25,28-29,31-32,67-71,73-84,86-89,91-97H,3-4,6,8-10,12,14-16,18,20-22,24,26-27,30,33-66H2,1-2H3,(H,85,90)/b7-5-,13-11-,19-17-,25-23-,29-28-,32-31-. The molecule has 17 unspecified atom stereocenters. The van der Waals surface area contributed by atoms with Gasteiger partial charge in [-0.25, -0.2) is 0 Å². The van der Waals surface area contributed by atoms with Gasteiger partial charge in [0.1, 0.15) is 73.2 Å². The molecule has 600 valence electrons. The van der Waals surface area contributed by atoms with Crippen LogP contribution in [-0.2, 0) is 33.2 Å². The molecule has 19 nitrogen and oxygen atoms in total. The van der Waals surface area contributed by atoms with E-state index in [0.29, 0.717) is 12.8 Å². The summed E-state index contributed by atoms with van der Waals surface area (Å²) in [4.78, 5) is 13.5. The molecule has 3 heterocycles. The molecular formula is C84H151NO18. The number of aliphatic hydroxyl groups is 11. The molecule has 3 aliphatic rings. The number of ether oxygens (including phenoxy) is 6. The number of unbranched alkanes of at least 4 members (excludes halogenated alkanes) is 38. The summed E-state index contributed by atoms with van der Waals surface area (Å²) in [5.74, 6) is -0.240. The fourth-order valence-electron chi connectivity index (χ4n) is 13.9. The van der Waals surface area contributed by atoms with E-state index in [1.165, 1.54) is 205 Å². The highest BCUT2D eigenvalue weighted by Crippen LogP contribution is 2.33. The van der Waals surface area contributed by atoms with Crippen molar-refractivity contribution in [2.75, 3.05) is 26.4 Å². The van der Waals surface area contributed by atoms with Gasteiger partial charge in [-0.1, -0.05) is 324 Å². The molecule has 19 heteroatoms. The van der Waals surface area contributed by atoms with Crippen molar-refractivity contribution < 1.29 is 89.4 Å². The van der Waals surface area contributed by atoms with E-state index in [-0.39, 0.29) is 18.9 Å². The summed E-state index contributed by atoms with van der Waals surface area (Å²) in [7, 11) is 0. The molecule has 3 aliphatic heterocycles. The van der Waals surface area contributed by atoms with Crippen LogP contribution in [0.4, 0.5) is 0 Å². The van der Waals surface area contributed by atoms with Crippen molar-refractivity contribution in [1.82, 2.24) is 5.32 Å². The molecule has 0 aromatic rings. The Balaban J connectivity index is 1.34. The Labute approximate surface area is 623 Å². The molecule has 12 N–H and O–H groups in total. The third kappa shape index (κ3) is 43.9. The average Bonchev–Trinajstić information content (AvgIpc) is 0.781. The van der Waals surface area contributed by atoms with Crippen molar-refractivity contribution in [3.63, 3.8) is 0 Å². The molecule has 103 heavy (non-hydrogen) atoms. The Kier molecular flexibility index (Phi) is 58.8. The zero-order valence-corrected chi connectivity index (χ0v) is 64.3. The predicted octanol–water partition coefficient (Wildman–Crippen LogP) is 14.4. The first-order valence-electron chi connectivity index (χ1n) is 41.7. The molecule has 3 fully saturated rings. The van der Waals surface area contributed by atoms with Crippen LogP contribution < -0.4 is 5.32 Å². The molecule has 0 aliphatic carbocycles. The van der Waals surface area contributed by atoms with Gasteiger partial charge in [0.2, 0.25) is 5.91 Å². The Morgan fingerprint density at radius 3 is 1.05 bits per heavy atom. The van der Waals surface area contributed by atoms with Crippen LogP contribution in [0.3, 0.4) is 0 Å². The molecule has 0 radical (unpaired) electrons. The monoisotopic (exact) mass is 1460 g/mol. The first-order valence-corrected chi connectivity index (χ1v) is 41.7. The number of hydrogen-bond acceptors (Lipinski definition) is 18. The Morgan fingerprint density at radius 1 is 0.359 bits per heavy atom. The van der Waals surface area contributed by atoms with Crippen LogP contribution in [0.1, 0.15) is 322 Å². The second-order valence-electron chi connectivity index (χ2n) is 29.6. The Hall–Kier alpha value is -2.77. The van der Waals surface area contributed by atoms with Crippen molar-refractivity contribution in [3.8, 4) is 0 Å². The van der Waals surface area contributed by atoms with Gasteiger partial charge in [0, 0.05) is 6.42 Å². The molecule has 3 saturated heterocycles. The number of nitrogens with one attached hydrogen (secondary N) is 1. The van der Waals surface area contributed by atoms with Crippen LogP contribution in [0.5, 0.6) is 0 Å². The molecule has 0 saturated carbocycles. The highest BCUT2D eigenvalue weighted by molar-refractivity contribution is 5.76. The predicted molar refractivity (Wildman–Crippen MR) is 411 cm³/mol. The van der Waals surface area contributed by atoms with Crippen LogP contribution >= 0.6 is 0 Å². The number of hydrogen-bond donors (Lipinski definition) is 12. The van der Waals surface area contributed by atoms with E-state index < -0.39 is 124 Å². The third-order valence-corrected chi connectivity index (χ3v) is 20.5. The molecule has 3 rings (SSSR count). The quantitative estimate of drug-likeness (QED) is 0.0199. The minimum Gasteiger partial charge on any atom is -0.394 e. The van der Waals surface area contributed by atoms with Gasteiger partial charge in [-0.15, -0.1) is 0 Å². The number of aliphatic hydroxyl groups excluding tert-OH is 11. The minimum absolute atomic E-state index is 0.240. The van der Waals surface area contributed by atoms with E-state index in [2.05, 4.69) is 92.1 Å². The van der Waals surface area contributed by atoms with Crippen molar-refractivity contribution in [1.29, 1.82) is 0 Å². The maximum atomic E-state index is 13.5. The van der Waals surface area contributed by atoms with Crippen LogP contribution in [0.25, 0.3) is 0 Å².